The second-order valence-electron chi connectivity index (χ2n) is 4.06. The molecular weight excluding hydrogens is 262 g/mol. The maximum Gasteiger partial charge on any atom is 0.265 e. The second-order valence-corrected chi connectivity index (χ2v) is 4.06. The Kier molecular flexibility index (Phi) is 4.54. The van der Waals surface area contributed by atoms with Crippen molar-refractivity contribution in [1.29, 1.82) is 0 Å². The Morgan fingerprint density at radius 1 is 1.20 bits per heavy atom. The van der Waals surface area contributed by atoms with Gasteiger partial charge in [-0.05, 0) is 12.1 Å². The fourth-order valence-corrected chi connectivity index (χ4v) is 1.80. The normalized spacial score (nSPS) is 12.2. The van der Waals surface area contributed by atoms with Crippen LogP contribution in [0.25, 0.3) is 11.5 Å². The van der Waals surface area contributed by atoms with Crippen molar-refractivity contribution in [3.8, 4) is 23.0 Å². The number of nitrogens with zero attached hydrogens (tertiary/aromatic N) is 2. The van der Waals surface area contributed by atoms with Gasteiger partial charge in [-0.25, -0.2) is 0 Å². The minimum Gasteiger partial charge on any atom is -0.496 e. The first-order valence-corrected chi connectivity index (χ1v) is 6.00. The molecule has 0 amide bonds. The SMILES string of the molecule is COCC(N)c1noc(-c2c(OC)cccc2OC)n1. The predicted molar refractivity (Wildman–Crippen MR) is 71.6 cm³/mol. The zero-order chi connectivity index (χ0) is 14.5. The average molecular weight is 279 g/mol. The number of aromatic nitrogens is 2. The van der Waals surface area contributed by atoms with Gasteiger partial charge in [-0.15, -0.1) is 0 Å². The summed E-state index contributed by atoms with van der Waals surface area (Å²) in [6.07, 6.45) is 0. The van der Waals surface area contributed by atoms with E-state index in [1.165, 1.54) is 0 Å². The lowest BCUT2D eigenvalue weighted by atomic mass is 10.1. The van der Waals surface area contributed by atoms with Gasteiger partial charge in [0.2, 0.25) is 0 Å². The molecular formula is C13H17N3O4. The molecule has 1 unspecified atom stereocenters. The molecule has 1 aromatic heterocycles. The summed E-state index contributed by atoms with van der Waals surface area (Å²) in [4.78, 5) is 4.27. The smallest absolute Gasteiger partial charge is 0.265 e. The molecule has 0 bridgehead atoms. The molecule has 2 rings (SSSR count). The Morgan fingerprint density at radius 2 is 1.85 bits per heavy atom. The van der Waals surface area contributed by atoms with E-state index in [0.29, 0.717) is 35.4 Å². The van der Waals surface area contributed by atoms with E-state index in [9.17, 15) is 0 Å². The number of rotatable bonds is 6. The highest BCUT2D eigenvalue weighted by atomic mass is 16.5. The van der Waals surface area contributed by atoms with Crippen LogP contribution in [0, 0.1) is 0 Å². The molecule has 2 N–H and O–H groups in total. The van der Waals surface area contributed by atoms with Gasteiger partial charge < -0.3 is 24.5 Å². The molecule has 0 saturated heterocycles. The molecule has 0 saturated carbocycles. The molecule has 0 aliphatic rings. The molecule has 0 fully saturated rings. The molecule has 20 heavy (non-hydrogen) atoms. The van der Waals surface area contributed by atoms with Crippen molar-refractivity contribution in [3.63, 3.8) is 0 Å². The Labute approximate surface area is 116 Å². The number of benzene rings is 1. The maximum absolute atomic E-state index is 5.87. The minimum absolute atomic E-state index is 0.292. The summed E-state index contributed by atoms with van der Waals surface area (Å²) in [5.41, 5.74) is 6.46. The lowest BCUT2D eigenvalue weighted by Crippen LogP contribution is -2.17. The second kappa shape index (κ2) is 6.36. The molecule has 1 aromatic carbocycles. The van der Waals surface area contributed by atoms with Gasteiger partial charge in [0.15, 0.2) is 5.82 Å². The van der Waals surface area contributed by atoms with Gasteiger partial charge in [0, 0.05) is 7.11 Å². The van der Waals surface area contributed by atoms with Gasteiger partial charge in [-0.1, -0.05) is 11.2 Å². The third-order valence-electron chi connectivity index (χ3n) is 2.76. The van der Waals surface area contributed by atoms with Crippen molar-refractivity contribution >= 4 is 0 Å². The van der Waals surface area contributed by atoms with Gasteiger partial charge >= 0.3 is 0 Å². The van der Waals surface area contributed by atoms with E-state index in [0.717, 1.165) is 0 Å². The summed E-state index contributed by atoms with van der Waals surface area (Å²) in [6.45, 7) is 0.308. The van der Waals surface area contributed by atoms with Gasteiger partial charge in [-0.2, -0.15) is 4.98 Å². The van der Waals surface area contributed by atoms with Crippen molar-refractivity contribution in [2.75, 3.05) is 27.9 Å². The van der Waals surface area contributed by atoms with Crippen molar-refractivity contribution in [2.24, 2.45) is 5.73 Å². The first kappa shape index (κ1) is 14.3. The summed E-state index contributed by atoms with van der Waals surface area (Å²) in [6, 6.07) is 4.95. The number of nitrogens with two attached hydrogens (primary N) is 1. The third kappa shape index (κ3) is 2.73. The Morgan fingerprint density at radius 3 is 2.40 bits per heavy atom. The van der Waals surface area contributed by atoms with Crippen LogP contribution in [0.1, 0.15) is 11.9 Å². The summed E-state index contributed by atoms with van der Waals surface area (Å²) < 4.78 is 20.8. The van der Waals surface area contributed by atoms with E-state index in [1.54, 1.807) is 33.5 Å². The molecule has 1 atom stereocenters. The largest absolute Gasteiger partial charge is 0.496 e. The quantitative estimate of drug-likeness (QED) is 0.854. The maximum atomic E-state index is 5.87. The zero-order valence-corrected chi connectivity index (χ0v) is 11.6. The summed E-state index contributed by atoms with van der Waals surface area (Å²) in [5.74, 6) is 1.83. The summed E-state index contributed by atoms with van der Waals surface area (Å²) in [5, 5.41) is 3.86. The van der Waals surface area contributed by atoms with Crippen LogP contribution in [0.2, 0.25) is 0 Å². The minimum atomic E-state index is -0.446. The molecule has 0 spiro atoms. The third-order valence-corrected chi connectivity index (χ3v) is 2.76. The summed E-state index contributed by atoms with van der Waals surface area (Å²) >= 11 is 0. The van der Waals surface area contributed by atoms with Crippen LogP contribution >= 0.6 is 0 Å². The molecule has 0 aliphatic heterocycles. The highest BCUT2D eigenvalue weighted by molar-refractivity contribution is 5.70. The Hall–Kier alpha value is -2.12. The van der Waals surface area contributed by atoms with E-state index in [-0.39, 0.29) is 0 Å². The Balaban J connectivity index is 2.41. The molecule has 0 radical (unpaired) electrons. The lowest BCUT2D eigenvalue weighted by Gasteiger charge is -2.09. The average Bonchev–Trinajstić information content (AvgIpc) is 2.96. The molecule has 7 nitrogen and oxygen atoms in total. The Bertz CT molecular complexity index is 548. The van der Waals surface area contributed by atoms with Gasteiger partial charge in [0.05, 0.1) is 26.9 Å². The molecule has 108 valence electrons. The molecule has 7 heteroatoms. The number of ether oxygens (including phenoxy) is 3. The van der Waals surface area contributed by atoms with E-state index >= 15 is 0 Å². The number of hydrogen-bond donors (Lipinski definition) is 1. The van der Waals surface area contributed by atoms with E-state index in [4.69, 9.17) is 24.5 Å². The standard InChI is InChI=1S/C13H17N3O4/c1-17-7-8(14)12-15-13(20-16-12)11-9(18-2)5-4-6-10(11)19-3/h4-6,8H,7,14H2,1-3H3. The van der Waals surface area contributed by atoms with Gasteiger partial charge in [-0.3, -0.25) is 0 Å². The van der Waals surface area contributed by atoms with E-state index in [1.807, 2.05) is 6.07 Å². The van der Waals surface area contributed by atoms with Crippen LogP contribution in [-0.2, 0) is 4.74 Å². The molecule has 2 aromatic rings. The molecule has 1 heterocycles. The summed E-state index contributed by atoms with van der Waals surface area (Å²) in [7, 11) is 4.68. The topological polar surface area (TPSA) is 92.6 Å². The first-order chi connectivity index (χ1) is 9.71. The fraction of sp³-hybridized carbons (Fsp3) is 0.385. The van der Waals surface area contributed by atoms with Crippen LogP contribution in [-0.4, -0.2) is 38.1 Å². The van der Waals surface area contributed by atoms with Crippen molar-refractivity contribution in [2.45, 2.75) is 6.04 Å². The van der Waals surface area contributed by atoms with Crippen LogP contribution in [0.5, 0.6) is 11.5 Å². The van der Waals surface area contributed by atoms with Crippen LogP contribution in [0.3, 0.4) is 0 Å². The zero-order valence-electron chi connectivity index (χ0n) is 11.6. The molecule has 0 aliphatic carbocycles. The highest BCUT2D eigenvalue weighted by Crippen LogP contribution is 2.37. The van der Waals surface area contributed by atoms with Crippen LogP contribution in [0.15, 0.2) is 22.7 Å². The predicted octanol–water partition coefficient (Wildman–Crippen LogP) is 1.40. The fourth-order valence-electron chi connectivity index (χ4n) is 1.80. The number of hydrogen-bond acceptors (Lipinski definition) is 7. The highest BCUT2D eigenvalue weighted by Gasteiger charge is 2.21. The van der Waals surface area contributed by atoms with E-state index in [2.05, 4.69) is 10.1 Å². The van der Waals surface area contributed by atoms with Crippen molar-refractivity contribution < 1.29 is 18.7 Å². The number of methoxy groups -OCH3 is 3. The lowest BCUT2D eigenvalue weighted by molar-refractivity contribution is 0.177. The van der Waals surface area contributed by atoms with Gasteiger partial charge in [0.1, 0.15) is 17.1 Å². The van der Waals surface area contributed by atoms with Crippen molar-refractivity contribution in [1.82, 2.24) is 10.1 Å². The monoisotopic (exact) mass is 279 g/mol. The first-order valence-electron chi connectivity index (χ1n) is 6.00. The van der Waals surface area contributed by atoms with Crippen LogP contribution in [0.4, 0.5) is 0 Å². The van der Waals surface area contributed by atoms with Crippen molar-refractivity contribution in [3.05, 3.63) is 24.0 Å². The van der Waals surface area contributed by atoms with Crippen LogP contribution < -0.4 is 15.2 Å². The van der Waals surface area contributed by atoms with E-state index < -0.39 is 6.04 Å². The van der Waals surface area contributed by atoms with Gasteiger partial charge in [0.25, 0.3) is 5.89 Å².